The van der Waals surface area contributed by atoms with Crippen LogP contribution in [0.25, 0.3) is 0 Å². The lowest BCUT2D eigenvalue weighted by Gasteiger charge is -2.23. The Bertz CT molecular complexity index is 1440. The van der Waals surface area contributed by atoms with E-state index in [0.29, 0.717) is 42.8 Å². The molecule has 1 saturated heterocycles. The highest BCUT2D eigenvalue weighted by Crippen LogP contribution is 2.37. The van der Waals surface area contributed by atoms with E-state index in [2.05, 4.69) is 32.2 Å². The maximum absolute atomic E-state index is 13.4. The minimum Gasteiger partial charge on any atom is -0.496 e. The third kappa shape index (κ3) is 7.11. The van der Waals surface area contributed by atoms with Crippen LogP contribution in [0, 0.1) is 6.92 Å². The minimum atomic E-state index is -4.65. The molecule has 13 heteroatoms. The molecule has 0 radical (unpaired) electrons. The standard InChI is InChI=1S/C28H30F3N7O3/c1-4-33-22-16-34-27(38-10-5-12-41-13-11-38)37-24(22)25(32)36-21-14-18(7-6-17(21)2)26(39)35-19-8-9-23(40-3)20(15-19)28(29,30)31/h4,6-9,14-16,36H,1,5,10-13,32H2,2-3H3,(H,35,39)/b25-24-,33-22-. The first-order chi connectivity index (χ1) is 19.6. The van der Waals surface area contributed by atoms with Crippen LogP contribution < -0.4 is 21.1 Å². The van der Waals surface area contributed by atoms with Gasteiger partial charge in [-0.15, -0.1) is 0 Å². The zero-order valence-corrected chi connectivity index (χ0v) is 22.6. The first kappa shape index (κ1) is 29.3. The van der Waals surface area contributed by atoms with Crippen molar-refractivity contribution >= 4 is 35.2 Å². The molecule has 2 heterocycles. The van der Waals surface area contributed by atoms with Crippen LogP contribution in [0.5, 0.6) is 5.75 Å². The molecule has 0 atom stereocenters. The van der Waals surface area contributed by atoms with E-state index in [1.807, 2.05) is 11.8 Å². The van der Waals surface area contributed by atoms with Crippen LogP contribution >= 0.6 is 0 Å². The number of methoxy groups -OCH3 is 1. The molecule has 0 saturated carbocycles. The second-order valence-corrected chi connectivity index (χ2v) is 9.10. The summed E-state index contributed by atoms with van der Waals surface area (Å²) in [6.45, 7) is 8.01. The second kappa shape index (κ2) is 12.7. The highest BCUT2D eigenvalue weighted by Gasteiger charge is 2.34. The number of ether oxygens (including phenoxy) is 2. The van der Waals surface area contributed by atoms with Crippen LogP contribution in [-0.4, -0.2) is 62.1 Å². The Morgan fingerprint density at radius 3 is 2.73 bits per heavy atom. The predicted octanol–water partition coefficient (Wildman–Crippen LogP) is 4.56. The van der Waals surface area contributed by atoms with Gasteiger partial charge in [-0.25, -0.2) is 9.98 Å². The van der Waals surface area contributed by atoms with Crippen LogP contribution in [-0.2, 0) is 10.9 Å². The molecular formula is C28H30F3N7O3. The normalized spacial score (nSPS) is 17.9. The van der Waals surface area contributed by atoms with Crippen LogP contribution in [0.4, 0.5) is 24.5 Å². The van der Waals surface area contributed by atoms with Gasteiger partial charge in [-0.2, -0.15) is 13.2 Å². The van der Waals surface area contributed by atoms with E-state index in [4.69, 9.17) is 15.2 Å². The maximum atomic E-state index is 13.4. The molecule has 0 aliphatic carbocycles. The Labute approximate surface area is 235 Å². The maximum Gasteiger partial charge on any atom is 0.420 e. The number of amides is 1. The molecule has 2 aliphatic heterocycles. The molecule has 2 aliphatic rings. The van der Waals surface area contributed by atoms with Gasteiger partial charge in [0.05, 0.1) is 25.5 Å². The summed E-state index contributed by atoms with van der Waals surface area (Å²) in [5.74, 6) is -0.324. The van der Waals surface area contributed by atoms with Gasteiger partial charge in [0, 0.05) is 42.8 Å². The lowest BCUT2D eigenvalue weighted by molar-refractivity contribution is -0.138. The molecule has 0 spiro atoms. The fourth-order valence-corrected chi connectivity index (χ4v) is 4.17. The van der Waals surface area contributed by atoms with E-state index in [-0.39, 0.29) is 22.8 Å². The van der Waals surface area contributed by atoms with Gasteiger partial charge in [0.15, 0.2) is 0 Å². The summed E-state index contributed by atoms with van der Waals surface area (Å²) in [6, 6.07) is 8.10. The predicted molar refractivity (Wildman–Crippen MR) is 153 cm³/mol. The van der Waals surface area contributed by atoms with E-state index >= 15 is 0 Å². The monoisotopic (exact) mass is 569 g/mol. The molecule has 216 valence electrons. The van der Waals surface area contributed by atoms with Gasteiger partial charge in [0.2, 0.25) is 5.96 Å². The first-order valence-electron chi connectivity index (χ1n) is 12.7. The second-order valence-electron chi connectivity index (χ2n) is 9.10. The lowest BCUT2D eigenvalue weighted by atomic mass is 10.1. The van der Waals surface area contributed by atoms with Gasteiger partial charge in [0.25, 0.3) is 5.91 Å². The van der Waals surface area contributed by atoms with Crippen molar-refractivity contribution in [3.05, 3.63) is 77.4 Å². The smallest absolute Gasteiger partial charge is 0.420 e. The Kier molecular flexibility index (Phi) is 9.07. The zero-order valence-electron chi connectivity index (χ0n) is 22.6. The summed E-state index contributed by atoms with van der Waals surface area (Å²) in [5, 5.41) is 5.60. The number of aryl methyl sites for hydroxylation is 1. The molecule has 4 N–H and O–H groups in total. The van der Waals surface area contributed by atoms with Crippen molar-refractivity contribution in [2.75, 3.05) is 44.0 Å². The molecule has 2 aromatic rings. The van der Waals surface area contributed by atoms with Crippen molar-refractivity contribution in [1.29, 1.82) is 0 Å². The molecule has 4 rings (SSSR count). The number of hydrogen-bond donors (Lipinski definition) is 3. The molecule has 10 nitrogen and oxygen atoms in total. The molecule has 1 amide bonds. The number of carbonyl (C=O) groups excluding carboxylic acids is 1. The van der Waals surface area contributed by atoms with Crippen molar-refractivity contribution in [2.45, 2.75) is 19.5 Å². The summed E-state index contributed by atoms with van der Waals surface area (Å²) in [6.07, 6.45) is -0.912. The molecular weight excluding hydrogens is 539 g/mol. The van der Waals surface area contributed by atoms with Crippen LogP contribution in [0.1, 0.15) is 27.9 Å². The van der Waals surface area contributed by atoms with Crippen molar-refractivity contribution in [1.82, 2.24) is 4.90 Å². The summed E-state index contributed by atoms with van der Waals surface area (Å²) < 4.78 is 50.6. The SMILES string of the molecule is C=C/N=C1/C=NC(N2CCCOCC2)=N/C1=C(/N)Nc1cc(C(=O)Nc2ccc(OC)c(C(F)(F)F)c2)ccc1C. The summed E-state index contributed by atoms with van der Waals surface area (Å²) in [7, 11) is 1.15. The molecule has 0 bridgehead atoms. The van der Waals surface area contributed by atoms with E-state index in [1.165, 1.54) is 12.3 Å². The number of benzene rings is 2. The van der Waals surface area contributed by atoms with Crippen LogP contribution in [0.2, 0.25) is 0 Å². The molecule has 1 fully saturated rings. The lowest BCUT2D eigenvalue weighted by Crippen LogP contribution is -2.35. The zero-order chi connectivity index (χ0) is 29.6. The number of guanidine groups is 1. The molecule has 0 unspecified atom stereocenters. The van der Waals surface area contributed by atoms with E-state index in [1.54, 1.807) is 24.4 Å². The number of hydrogen-bond acceptors (Lipinski definition) is 9. The van der Waals surface area contributed by atoms with Gasteiger partial charge in [-0.3, -0.25) is 9.79 Å². The molecule has 41 heavy (non-hydrogen) atoms. The number of nitrogens with one attached hydrogen (secondary N) is 2. The Morgan fingerprint density at radius 1 is 1.20 bits per heavy atom. The number of nitrogens with zero attached hydrogens (tertiary/aromatic N) is 4. The average molecular weight is 570 g/mol. The first-order valence-corrected chi connectivity index (χ1v) is 12.7. The number of carbonyl (C=O) groups is 1. The summed E-state index contributed by atoms with van der Waals surface area (Å²) >= 11 is 0. The fraction of sp³-hybridized carbons (Fsp3) is 0.286. The van der Waals surface area contributed by atoms with Gasteiger partial charge < -0.3 is 30.7 Å². The van der Waals surface area contributed by atoms with E-state index < -0.39 is 17.6 Å². The van der Waals surface area contributed by atoms with Gasteiger partial charge in [-0.1, -0.05) is 12.6 Å². The molecule has 2 aromatic carbocycles. The highest BCUT2D eigenvalue weighted by atomic mass is 19.4. The fourth-order valence-electron chi connectivity index (χ4n) is 4.17. The average Bonchev–Trinajstić information content (AvgIpc) is 3.24. The van der Waals surface area contributed by atoms with E-state index in [9.17, 15) is 18.0 Å². The van der Waals surface area contributed by atoms with Crippen molar-refractivity contribution in [3.63, 3.8) is 0 Å². The summed E-state index contributed by atoms with van der Waals surface area (Å²) in [4.78, 5) is 28.3. The number of aliphatic imine (C=N–C) groups is 3. The van der Waals surface area contributed by atoms with Gasteiger partial charge >= 0.3 is 6.18 Å². The van der Waals surface area contributed by atoms with Gasteiger partial charge in [0.1, 0.15) is 23.0 Å². The van der Waals surface area contributed by atoms with Crippen LogP contribution in [0.3, 0.4) is 0 Å². The largest absolute Gasteiger partial charge is 0.496 e. The number of allylic oxidation sites excluding steroid dienone is 1. The number of nitrogens with two attached hydrogens (primary N) is 1. The Morgan fingerprint density at radius 2 is 2.00 bits per heavy atom. The number of alkyl halides is 3. The number of rotatable bonds is 6. The van der Waals surface area contributed by atoms with Crippen molar-refractivity contribution < 1.29 is 27.4 Å². The highest BCUT2D eigenvalue weighted by molar-refractivity contribution is 6.41. The molecule has 0 aromatic heterocycles. The van der Waals surface area contributed by atoms with Crippen LogP contribution in [0.15, 0.2) is 75.7 Å². The van der Waals surface area contributed by atoms with Crippen molar-refractivity contribution in [3.8, 4) is 5.75 Å². The van der Waals surface area contributed by atoms with Gasteiger partial charge in [-0.05, 0) is 49.2 Å². The third-order valence-corrected chi connectivity index (χ3v) is 6.28. The Balaban J connectivity index is 1.60. The minimum absolute atomic E-state index is 0.0348. The topological polar surface area (TPSA) is 126 Å². The third-order valence-electron chi connectivity index (χ3n) is 6.28. The summed E-state index contributed by atoms with van der Waals surface area (Å²) in [5.41, 5.74) is 7.60. The van der Waals surface area contributed by atoms with Crippen molar-refractivity contribution in [2.24, 2.45) is 20.7 Å². The number of halogens is 3. The Hall–Kier alpha value is -4.65. The number of anilines is 2. The van der Waals surface area contributed by atoms with E-state index in [0.717, 1.165) is 37.8 Å². The quantitative estimate of drug-likeness (QED) is 0.468.